The first kappa shape index (κ1) is 14.3. The third kappa shape index (κ3) is 2.82. The number of nitrogens with one attached hydrogen (secondary N) is 2. The lowest BCUT2D eigenvalue weighted by molar-refractivity contribution is 1.16. The van der Waals surface area contributed by atoms with Crippen LogP contribution in [0.25, 0.3) is 10.2 Å². The fourth-order valence-electron chi connectivity index (χ4n) is 2.18. The van der Waals surface area contributed by atoms with Crippen molar-refractivity contribution in [2.75, 3.05) is 16.4 Å². The molecule has 3 aromatic heterocycles. The van der Waals surface area contributed by atoms with Gasteiger partial charge in [0.05, 0.1) is 10.2 Å². The average molecular weight is 335 g/mol. The van der Waals surface area contributed by atoms with E-state index in [1.807, 2.05) is 42.5 Å². The Labute approximate surface area is 141 Å². The van der Waals surface area contributed by atoms with E-state index in [2.05, 4.69) is 30.6 Å². The zero-order chi connectivity index (χ0) is 16.4. The number of pyridine rings is 1. The van der Waals surface area contributed by atoms with Crippen molar-refractivity contribution in [3.63, 3.8) is 0 Å². The van der Waals surface area contributed by atoms with Crippen LogP contribution in [-0.2, 0) is 0 Å². The highest BCUT2D eigenvalue weighted by Gasteiger charge is 2.11. The van der Waals surface area contributed by atoms with Gasteiger partial charge in [-0.05, 0) is 24.3 Å². The molecular weight excluding hydrogens is 322 g/mol. The van der Waals surface area contributed by atoms with Gasteiger partial charge in [0.2, 0.25) is 0 Å². The Morgan fingerprint density at radius 1 is 0.875 bits per heavy atom. The van der Waals surface area contributed by atoms with Crippen molar-refractivity contribution < 1.29 is 0 Å². The molecule has 7 nitrogen and oxygen atoms in total. The van der Waals surface area contributed by atoms with Gasteiger partial charge in [-0.3, -0.25) is 0 Å². The van der Waals surface area contributed by atoms with Gasteiger partial charge in [0.25, 0.3) is 0 Å². The van der Waals surface area contributed by atoms with Crippen LogP contribution in [0.4, 0.5) is 28.3 Å². The molecule has 0 fully saturated rings. The number of thiazole rings is 1. The zero-order valence-corrected chi connectivity index (χ0v) is 13.3. The maximum Gasteiger partial charge on any atom is 0.189 e. The lowest BCUT2D eigenvalue weighted by atomic mass is 10.3. The van der Waals surface area contributed by atoms with Gasteiger partial charge in [-0.1, -0.05) is 29.5 Å². The zero-order valence-electron chi connectivity index (χ0n) is 12.5. The molecule has 0 radical (unpaired) electrons. The van der Waals surface area contributed by atoms with Gasteiger partial charge in [0.1, 0.15) is 17.8 Å². The van der Waals surface area contributed by atoms with E-state index in [1.165, 1.54) is 17.7 Å². The Morgan fingerprint density at radius 3 is 2.46 bits per heavy atom. The summed E-state index contributed by atoms with van der Waals surface area (Å²) in [6.45, 7) is 0. The van der Waals surface area contributed by atoms with Crippen LogP contribution in [0.15, 0.2) is 55.0 Å². The molecule has 0 aliphatic rings. The van der Waals surface area contributed by atoms with Gasteiger partial charge in [-0.2, -0.15) is 0 Å². The molecule has 118 valence electrons. The Kier molecular flexibility index (Phi) is 3.64. The average Bonchev–Trinajstić information content (AvgIpc) is 3.02. The minimum atomic E-state index is 0.405. The van der Waals surface area contributed by atoms with Crippen LogP contribution in [0.3, 0.4) is 0 Å². The van der Waals surface area contributed by atoms with E-state index in [-0.39, 0.29) is 0 Å². The van der Waals surface area contributed by atoms with Gasteiger partial charge in [-0.15, -0.1) is 0 Å². The summed E-state index contributed by atoms with van der Waals surface area (Å²) < 4.78 is 1.10. The molecule has 3 heterocycles. The van der Waals surface area contributed by atoms with E-state index in [9.17, 15) is 0 Å². The van der Waals surface area contributed by atoms with Gasteiger partial charge in [-0.25, -0.2) is 19.9 Å². The van der Waals surface area contributed by atoms with E-state index < -0.39 is 0 Å². The summed E-state index contributed by atoms with van der Waals surface area (Å²) >= 11 is 1.54. The minimum Gasteiger partial charge on any atom is -0.393 e. The minimum absolute atomic E-state index is 0.405. The number of anilines is 5. The topological polar surface area (TPSA) is 102 Å². The number of rotatable bonds is 4. The van der Waals surface area contributed by atoms with E-state index in [1.54, 1.807) is 6.20 Å². The maximum absolute atomic E-state index is 6.17. The third-order valence-corrected chi connectivity index (χ3v) is 4.27. The quantitative estimate of drug-likeness (QED) is 0.524. The van der Waals surface area contributed by atoms with Crippen LogP contribution >= 0.6 is 11.3 Å². The molecule has 0 amide bonds. The molecule has 0 aliphatic carbocycles. The highest BCUT2D eigenvalue weighted by Crippen LogP contribution is 2.31. The van der Waals surface area contributed by atoms with E-state index in [0.29, 0.717) is 23.1 Å². The molecule has 0 unspecified atom stereocenters. The number of nitrogens with two attached hydrogens (primary N) is 1. The number of nitrogens with zero attached hydrogens (tertiary/aromatic N) is 4. The van der Waals surface area contributed by atoms with E-state index in [0.717, 1.165) is 15.3 Å². The highest BCUT2D eigenvalue weighted by molar-refractivity contribution is 7.22. The second-order valence-electron chi connectivity index (χ2n) is 4.94. The predicted molar refractivity (Wildman–Crippen MR) is 96.9 cm³/mol. The van der Waals surface area contributed by atoms with Crippen molar-refractivity contribution in [3.05, 3.63) is 55.0 Å². The molecule has 4 rings (SSSR count). The number of benzene rings is 1. The molecule has 0 saturated heterocycles. The summed E-state index contributed by atoms with van der Waals surface area (Å²) in [6, 6.07) is 13.5. The van der Waals surface area contributed by atoms with Crippen LogP contribution in [0.1, 0.15) is 0 Å². The first-order chi connectivity index (χ1) is 11.8. The molecular formula is C16H13N7S. The molecule has 8 heteroatoms. The molecule has 4 N–H and O–H groups in total. The fraction of sp³-hybridized carbons (Fsp3) is 0. The number of fused-ring (bicyclic) bond motifs is 1. The lowest BCUT2D eigenvalue weighted by Gasteiger charge is -2.10. The number of nitrogen functional groups attached to an aromatic ring is 1. The van der Waals surface area contributed by atoms with Crippen molar-refractivity contribution >= 4 is 49.8 Å². The standard InChI is InChI=1S/C16H13N7S/c17-13-14(22-12-7-3-4-8-18-12)19-9-20-15(13)23-16-21-10-5-1-2-6-11(10)24-16/h1-9H,17H2,(H2,18,19,20,21,22,23). The van der Waals surface area contributed by atoms with Crippen LogP contribution < -0.4 is 16.4 Å². The SMILES string of the molecule is Nc1c(Nc2ccccn2)ncnc1Nc1nc2ccccc2s1. The summed E-state index contributed by atoms with van der Waals surface area (Å²) in [5.41, 5.74) is 7.51. The first-order valence-corrected chi connectivity index (χ1v) is 8.02. The molecule has 0 spiro atoms. The predicted octanol–water partition coefficient (Wildman–Crippen LogP) is 3.55. The monoisotopic (exact) mass is 335 g/mol. The molecule has 0 atom stereocenters. The second kappa shape index (κ2) is 6.09. The summed E-state index contributed by atoms with van der Waals surface area (Å²) in [4.78, 5) is 17.1. The number of aromatic nitrogens is 4. The third-order valence-electron chi connectivity index (χ3n) is 3.31. The van der Waals surface area contributed by atoms with Crippen molar-refractivity contribution in [1.29, 1.82) is 0 Å². The number of para-hydroxylation sites is 1. The number of hydrogen-bond donors (Lipinski definition) is 3. The second-order valence-corrected chi connectivity index (χ2v) is 5.97. The first-order valence-electron chi connectivity index (χ1n) is 7.21. The summed E-state index contributed by atoms with van der Waals surface area (Å²) in [5.74, 6) is 1.66. The van der Waals surface area contributed by atoms with Crippen molar-refractivity contribution in [1.82, 2.24) is 19.9 Å². The van der Waals surface area contributed by atoms with E-state index in [4.69, 9.17) is 5.73 Å². The van der Waals surface area contributed by atoms with E-state index >= 15 is 0 Å². The fourth-order valence-corrected chi connectivity index (χ4v) is 3.04. The van der Waals surface area contributed by atoms with Crippen LogP contribution in [0.5, 0.6) is 0 Å². The van der Waals surface area contributed by atoms with Crippen molar-refractivity contribution in [2.24, 2.45) is 0 Å². The Morgan fingerprint density at radius 2 is 1.67 bits per heavy atom. The molecule has 0 aliphatic heterocycles. The van der Waals surface area contributed by atoms with Gasteiger partial charge in [0.15, 0.2) is 16.8 Å². The van der Waals surface area contributed by atoms with Gasteiger partial charge < -0.3 is 16.4 Å². The maximum atomic E-state index is 6.17. The Hall–Kier alpha value is -3.26. The van der Waals surface area contributed by atoms with Crippen LogP contribution in [0.2, 0.25) is 0 Å². The van der Waals surface area contributed by atoms with Crippen molar-refractivity contribution in [2.45, 2.75) is 0 Å². The molecule has 4 aromatic rings. The highest BCUT2D eigenvalue weighted by atomic mass is 32.1. The summed E-state index contributed by atoms with van der Waals surface area (Å²) in [6.07, 6.45) is 3.14. The summed E-state index contributed by atoms with van der Waals surface area (Å²) in [5, 5.41) is 6.97. The smallest absolute Gasteiger partial charge is 0.189 e. The largest absolute Gasteiger partial charge is 0.393 e. The number of hydrogen-bond acceptors (Lipinski definition) is 8. The van der Waals surface area contributed by atoms with Gasteiger partial charge in [0, 0.05) is 6.20 Å². The normalized spacial score (nSPS) is 10.7. The lowest BCUT2D eigenvalue weighted by Crippen LogP contribution is -2.05. The van der Waals surface area contributed by atoms with Crippen LogP contribution in [0, 0.1) is 0 Å². The molecule has 0 saturated carbocycles. The van der Waals surface area contributed by atoms with Crippen LogP contribution in [-0.4, -0.2) is 19.9 Å². The molecule has 0 bridgehead atoms. The Balaban J connectivity index is 1.62. The van der Waals surface area contributed by atoms with Gasteiger partial charge >= 0.3 is 0 Å². The molecule has 1 aromatic carbocycles. The van der Waals surface area contributed by atoms with Crippen molar-refractivity contribution in [3.8, 4) is 0 Å². The summed E-state index contributed by atoms with van der Waals surface area (Å²) in [7, 11) is 0. The Bertz CT molecular complexity index is 951. The molecule has 24 heavy (non-hydrogen) atoms.